The van der Waals surface area contributed by atoms with E-state index < -0.39 is 5.69 Å². The molecule has 0 radical (unpaired) electrons. The molecule has 1 aromatic heterocycles. The molecule has 24 heavy (non-hydrogen) atoms. The number of ether oxygens (including phenoxy) is 1. The molecular weight excluding hydrogens is 324 g/mol. The molecule has 0 aliphatic heterocycles. The van der Waals surface area contributed by atoms with Crippen molar-refractivity contribution in [3.05, 3.63) is 70.6 Å². The number of nitrogens with zero attached hydrogens (tertiary/aromatic N) is 3. The van der Waals surface area contributed by atoms with Gasteiger partial charge < -0.3 is 10.1 Å². The molecule has 6 nitrogen and oxygen atoms in total. The quantitative estimate of drug-likeness (QED) is 0.699. The van der Waals surface area contributed by atoms with Crippen LogP contribution in [0.2, 0.25) is 0 Å². The first-order valence-electron chi connectivity index (χ1n) is 7.44. The Balaban J connectivity index is 1.72. The van der Waals surface area contributed by atoms with Gasteiger partial charge in [0.15, 0.2) is 0 Å². The summed E-state index contributed by atoms with van der Waals surface area (Å²) >= 11 is 1.14. The van der Waals surface area contributed by atoms with E-state index in [1.165, 1.54) is 4.07 Å². The zero-order valence-electron chi connectivity index (χ0n) is 13.0. The Morgan fingerprint density at radius 2 is 1.96 bits per heavy atom. The third kappa shape index (κ3) is 4.08. The van der Waals surface area contributed by atoms with Crippen molar-refractivity contribution in [1.29, 1.82) is 0 Å². The van der Waals surface area contributed by atoms with Crippen LogP contribution in [0.15, 0.2) is 64.5 Å². The number of anilines is 2. The number of rotatable bonds is 6. The SMILES string of the molecule is CCOc1ccc(Nc2nc(=O)n(/N=C/c3ccccc3)s2)cc1. The van der Waals surface area contributed by atoms with Gasteiger partial charge in [-0.15, -0.1) is 4.07 Å². The van der Waals surface area contributed by atoms with Crippen molar-refractivity contribution in [2.24, 2.45) is 5.10 Å². The third-order valence-electron chi connectivity index (χ3n) is 3.06. The van der Waals surface area contributed by atoms with E-state index >= 15 is 0 Å². The topological polar surface area (TPSA) is 68.5 Å². The minimum Gasteiger partial charge on any atom is -0.494 e. The molecule has 0 amide bonds. The molecule has 1 N–H and O–H groups in total. The molecule has 3 rings (SSSR count). The molecule has 0 spiro atoms. The summed E-state index contributed by atoms with van der Waals surface area (Å²) in [6, 6.07) is 17.0. The number of aromatic nitrogens is 2. The van der Waals surface area contributed by atoms with Gasteiger partial charge in [0.25, 0.3) is 0 Å². The monoisotopic (exact) mass is 340 g/mol. The normalized spacial score (nSPS) is 10.9. The Morgan fingerprint density at radius 3 is 2.67 bits per heavy atom. The van der Waals surface area contributed by atoms with E-state index in [2.05, 4.69) is 15.4 Å². The summed E-state index contributed by atoms with van der Waals surface area (Å²) in [7, 11) is 0. The largest absolute Gasteiger partial charge is 0.494 e. The van der Waals surface area contributed by atoms with Crippen molar-refractivity contribution in [3.8, 4) is 5.75 Å². The van der Waals surface area contributed by atoms with Gasteiger partial charge in [0.05, 0.1) is 12.8 Å². The molecule has 0 unspecified atom stereocenters. The lowest BCUT2D eigenvalue weighted by Crippen LogP contribution is -2.11. The maximum Gasteiger partial charge on any atom is 0.380 e. The Hall–Kier alpha value is -2.93. The number of nitrogens with one attached hydrogen (secondary N) is 1. The molecule has 0 bridgehead atoms. The maximum atomic E-state index is 11.9. The van der Waals surface area contributed by atoms with E-state index in [0.29, 0.717) is 11.7 Å². The number of hydrogen-bond acceptors (Lipinski definition) is 6. The van der Waals surface area contributed by atoms with Crippen LogP contribution < -0.4 is 15.7 Å². The van der Waals surface area contributed by atoms with Crippen LogP contribution in [0, 0.1) is 0 Å². The summed E-state index contributed by atoms with van der Waals surface area (Å²) in [5, 5.41) is 7.72. The first-order chi connectivity index (χ1) is 11.7. The zero-order valence-corrected chi connectivity index (χ0v) is 13.9. The molecular formula is C17H16N4O2S. The van der Waals surface area contributed by atoms with Crippen LogP contribution in [0.1, 0.15) is 12.5 Å². The van der Waals surface area contributed by atoms with E-state index in [0.717, 1.165) is 28.5 Å². The minimum atomic E-state index is -0.416. The summed E-state index contributed by atoms with van der Waals surface area (Å²) in [4.78, 5) is 15.8. The molecule has 0 fully saturated rings. The first kappa shape index (κ1) is 15.9. The lowest BCUT2D eigenvalue weighted by atomic mass is 10.2. The lowest BCUT2D eigenvalue weighted by Gasteiger charge is -2.04. The van der Waals surface area contributed by atoms with Crippen molar-refractivity contribution in [2.45, 2.75) is 6.92 Å². The van der Waals surface area contributed by atoms with E-state index in [1.54, 1.807) is 6.21 Å². The molecule has 0 atom stereocenters. The molecule has 122 valence electrons. The average Bonchev–Trinajstić information content (AvgIpc) is 2.95. The lowest BCUT2D eigenvalue weighted by molar-refractivity contribution is 0.340. The predicted molar refractivity (Wildman–Crippen MR) is 96.7 cm³/mol. The van der Waals surface area contributed by atoms with E-state index in [-0.39, 0.29) is 0 Å². The molecule has 0 saturated carbocycles. The van der Waals surface area contributed by atoms with Crippen LogP contribution in [0.4, 0.5) is 10.8 Å². The van der Waals surface area contributed by atoms with Crippen LogP contribution in [0.25, 0.3) is 0 Å². The second-order valence-corrected chi connectivity index (χ2v) is 5.72. The first-order valence-corrected chi connectivity index (χ1v) is 8.21. The van der Waals surface area contributed by atoms with Crippen LogP contribution in [0.3, 0.4) is 0 Å². The molecule has 0 saturated heterocycles. The smallest absolute Gasteiger partial charge is 0.380 e. The van der Waals surface area contributed by atoms with Gasteiger partial charge in [0, 0.05) is 17.2 Å². The summed E-state index contributed by atoms with van der Waals surface area (Å²) < 4.78 is 6.63. The van der Waals surface area contributed by atoms with Crippen LogP contribution in [-0.2, 0) is 0 Å². The minimum absolute atomic E-state index is 0.416. The Labute approximate surface area is 143 Å². The highest BCUT2D eigenvalue weighted by Gasteiger charge is 2.05. The van der Waals surface area contributed by atoms with Gasteiger partial charge in [-0.2, -0.15) is 10.1 Å². The fourth-order valence-corrected chi connectivity index (χ4v) is 2.64. The molecule has 1 heterocycles. The fraction of sp³-hybridized carbons (Fsp3) is 0.118. The van der Waals surface area contributed by atoms with Crippen molar-refractivity contribution < 1.29 is 4.74 Å². The van der Waals surface area contributed by atoms with E-state index in [9.17, 15) is 4.79 Å². The van der Waals surface area contributed by atoms with Gasteiger partial charge in [-0.3, -0.25) is 0 Å². The molecule has 0 aliphatic carbocycles. The molecule has 2 aromatic carbocycles. The number of benzene rings is 2. The van der Waals surface area contributed by atoms with Crippen LogP contribution in [0.5, 0.6) is 5.75 Å². The second-order valence-electron chi connectivity index (χ2n) is 4.80. The summed E-state index contributed by atoms with van der Waals surface area (Å²) in [5.74, 6) is 0.800. The molecule has 0 aliphatic rings. The van der Waals surface area contributed by atoms with Gasteiger partial charge in [-0.1, -0.05) is 30.3 Å². The molecule has 7 heteroatoms. The Morgan fingerprint density at radius 1 is 1.21 bits per heavy atom. The van der Waals surface area contributed by atoms with Gasteiger partial charge in [0.2, 0.25) is 5.13 Å². The van der Waals surface area contributed by atoms with Gasteiger partial charge >= 0.3 is 5.69 Å². The van der Waals surface area contributed by atoms with Crippen LogP contribution >= 0.6 is 11.5 Å². The zero-order chi connectivity index (χ0) is 16.8. The maximum absolute atomic E-state index is 11.9. The third-order valence-corrected chi connectivity index (χ3v) is 3.85. The van der Waals surface area contributed by atoms with Gasteiger partial charge in [-0.05, 0) is 36.8 Å². The molecule has 3 aromatic rings. The predicted octanol–water partition coefficient (Wildman–Crippen LogP) is 3.33. The Kier molecular flexibility index (Phi) is 5.02. The van der Waals surface area contributed by atoms with Gasteiger partial charge in [-0.25, -0.2) is 4.79 Å². The second kappa shape index (κ2) is 7.56. The number of hydrogen-bond donors (Lipinski definition) is 1. The Bertz CT molecular complexity index is 870. The fourth-order valence-electron chi connectivity index (χ4n) is 1.98. The van der Waals surface area contributed by atoms with E-state index in [1.807, 2.05) is 61.5 Å². The standard InChI is InChI=1S/C17H16N4O2S/c1-2-23-15-10-8-14(9-11-15)19-16-20-17(22)21(24-16)18-12-13-6-4-3-5-7-13/h3-12H,2H2,1H3,(H,19,20,22)/b18-12+. The van der Waals surface area contributed by atoms with Crippen LogP contribution in [-0.4, -0.2) is 21.9 Å². The summed E-state index contributed by atoms with van der Waals surface area (Å²) in [6.07, 6.45) is 1.63. The van der Waals surface area contributed by atoms with Crippen molar-refractivity contribution in [3.63, 3.8) is 0 Å². The summed E-state index contributed by atoms with van der Waals surface area (Å²) in [6.45, 7) is 2.56. The highest BCUT2D eigenvalue weighted by atomic mass is 32.1. The van der Waals surface area contributed by atoms with E-state index in [4.69, 9.17) is 4.74 Å². The van der Waals surface area contributed by atoms with Gasteiger partial charge in [0.1, 0.15) is 5.75 Å². The van der Waals surface area contributed by atoms with Crippen molar-refractivity contribution >= 4 is 28.6 Å². The average molecular weight is 340 g/mol. The van der Waals surface area contributed by atoms with Crippen molar-refractivity contribution in [1.82, 2.24) is 9.05 Å². The highest BCUT2D eigenvalue weighted by molar-refractivity contribution is 7.10. The summed E-state index contributed by atoms with van der Waals surface area (Å²) in [5.41, 5.74) is 1.32. The highest BCUT2D eigenvalue weighted by Crippen LogP contribution is 2.20. The van der Waals surface area contributed by atoms with Crippen molar-refractivity contribution in [2.75, 3.05) is 11.9 Å².